The van der Waals surface area contributed by atoms with Gasteiger partial charge in [-0.05, 0) is 30.7 Å². The predicted octanol–water partition coefficient (Wildman–Crippen LogP) is 4.34. The number of carbonyl (C=O) groups excluding carboxylic acids is 1. The summed E-state index contributed by atoms with van der Waals surface area (Å²) in [5.41, 5.74) is 4.79. The molecule has 1 amide bonds. The van der Waals surface area contributed by atoms with E-state index < -0.39 is 0 Å². The van der Waals surface area contributed by atoms with E-state index in [4.69, 9.17) is 23.2 Å². The van der Waals surface area contributed by atoms with Gasteiger partial charge in [0.15, 0.2) is 0 Å². The van der Waals surface area contributed by atoms with E-state index in [9.17, 15) is 4.79 Å². The van der Waals surface area contributed by atoms with Crippen LogP contribution in [0, 0.1) is 0 Å². The molecular weight excluding hydrogens is 307 g/mol. The number of carbonyl (C=O) groups is 1. The van der Waals surface area contributed by atoms with Gasteiger partial charge in [-0.25, -0.2) is 5.43 Å². The lowest BCUT2D eigenvalue weighted by atomic mass is 10.1. The van der Waals surface area contributed by atoms with Gasteiger partial charge in [0.2, 0.25) is 0 Å². The van der Waals surface area contributed by atoms with Crippen molar-refractivity contribution < 1.29 is 4.79 Å². The summed E-state index contributed by atoms with van der Waals surface area (Å²) in [5, 5.41) is 4.87. The number of nitrogens with one attached hydrogen (secondary N) is 1. The first-order chi connectivity index (χ1) is 10.1. The van der Waals surface area contributed by atoms with Crippen LogP contribution in [0.1, 0.15) is 22.8 Å². The van der Waals surface area contributed by atoms with E-state index in [2.05, 4.69) is 10.5 Å². The first-order valence-electron chi connectivity index (χ1n) is 6.39. The van der Waals surface area contributed by atoms with Crippen molar-refractivity contribution >= 4 is 34.8 Å². The second-order valence-corrected chi connectivity index (χ2v) is 5.42. The number of halogens is 2. The molecule has 0 aliphatic heterocycles. The van der Waals surface area contributed by atoms with Crippen molar-refractivity contribution in [1.29, 1.82) is 0 Å². The molecule has 0 aromatic heterocycles. The van der Waals surface area contributed by atoms with Crippen LogP contribution < -0.4 is 5.43 Å². The van der Waals surface area contributed by atoms with Crippen LogP contribution in [0.5, 0.6) is 0 Å². The standard InChI is InChI=1S/C16H14Cl2N2O/c1-11(9-12-5-3-2-4-6-12)19-20-16(21)14-8-7-13(17)10-15(14)18/h2-8,10H,9H2,1H3,(H,20,21). The molecule has 21 heavy (non-hydrogen) atoms. The number of hydrogen-bond acceptors (Lipinski definition) is 2. The van der Waals surface area contributed by atoms with Crippen LogP contribution in [0.3, 0.4) is 0 Å². The van der Waals surface area contributed by atoms with Crippen molar-refractivity contribution in [3.63, 3.8) is 0 Å². The highest BCUT2D eigenvalue weighted by Gasteiger charge is 2.10. The van der Waals surface area contributed by atoms with Gasteiger partial charge < -0.3 is 0 Å². The Labute approximate surface area is 133 Å². The molecule has 5 heteroatoms. The quantitative estimate of drug-likeness (QED) is 0.660. The molecule has 0 aliphatic carbocycles. The van der Waals surface area contributed by atoms with Crippen molar-refractivity contribution in [3.8, 4) is 0 Å². The zero-order valence-corrected chi connectivity index (χ0v) is 12.9. The van der Waals surface area contributed by atoms with Crippen molar-refractivity contribution in [2.75, 3.05) is 0 Å². The second-order valence-electron chi connectivity index (χ2n) is 4.57. The number of hydrazone groups is 1. The highest BCUT2D eigenvalue weighted by atomic mass is 35.5. The van der Waals surface area contributed by atoms with Gasteiger partial charge >= 0.3 is 0 Å². The van der Waals surface area contributed by atoms with Gasteiger partial charge in [0.1, 0.15) is 0 Å². The summed E-state index contributed by atoms with van der Waals surface area (Å²) in [5.74, 6) is -0.357. The Morgan fingerprint density at radius 1 is 1.14 bits per heavy atom. The number of benzene rings is 2. The fourth-order valence-electron chi connectivity index (χ4n) is 1.81. The molecule has 2 aromatic rings. The minimum absolute atomic E-state index is 0.302. The Kier molecular flexibility index (Phi) is 5.37. The van der Waals surface area contributed by atoms with Crippen LogP contribution >= 0.6 is 23.2 Å². The molecule has 0 fully saturated rings. The average Bonchev–Trinajstić information content (AvgIpc) is 2.46. The van der Waals surface area contributed by atoms with E-state index in [0.717, 1.165) is 11.3 Å². The average molecular weight is 321 g/mol. The minimum atomic E-state index is -0.357. The van der Waals surface area contributed by atoms with Crippen molar-refractivity contribution in [2.45, 2.75) is 13.3 Å². The SMILES string of the molecule is CC(Cc1ccccc1)=NNC(=O)c1ccc(Cl)cc1Cl. The van der Waals surface area contributed by atoms with Crippen molar-refractivity contribution in [3.05, 3.63) is 69.7 Å². The van der Waals surface area contributed by atoms with E-state index in [0.29, 0.717) is 22.0 Å². The smallest absolute Gasteiger partial charge is 0.267 e. The molecule has 0 unspecified atom stereocenters. The van der Waals surface area contributed by atoms with Gasteiger partial charge in [0.25, 0.3) is 5.91 Å². The summed E-state index contributed by atoms with van der Waals surface area (Å²) >= 11 is 11.8. The van der Waals surface area contributed by atoms with Gasteiger partial charge in [-0.3, -0.25) is 4.79 Å². The van der Waals surface area contributed by atoms with Gasteiger partial charge in [-0.15, -0.1) is 0 Å². The molecule has 2 aromatic carbocycles. The minimum Gasteiger partial charge on any atom is -0.267 e. The Bertz CT molecular complexity index is 669. The maximum atomic E-state index is 12.0. The lowest BCUT2D eigenvalue weighted by molar-refractivity contribution is 0.0955. The Hall–Kier alpha value is -1.84. The third kappa shape index (κ3) is 4.59. The summed E-state index contributed by atoms with van der Waals surface area (Å²) in [6, 6.07) is 14.6. The largest absolute Gasteiger partial charge is 0.272 e. The zero-order chi connectivity index (χ0) is 15.2. The fourth-order valence-corrected chi connectivity index (χ4v) is 2.31. The molecule has 0 saturated heterocycles. The number of rotatable bonds is 4. The predicted molar refractivity (Wildman–Crippen MR) is 87.2 cm³/mol. The van der Waals surface area contributed by atoms with Crippen LogP contribution in [0.25, 0.3) is 0 Å². The highest BCUT2D eigenvalue weighted by molar-refractivity contribution is 6.36. The molecule has 0 heterocycles. The number of hydrogen-bond donors (Lipinski definition) is 1. The van der Waals surface area contributed by atoms with Crippen molar-refractivity contribution in [1.82, 2.24) is 5.43 Å². The molecule has 3 nitrogen and oxygen atoms in total. The lowest BCUT2D eigenvalue weighted by Crippen LogP contribution is -2.20. The van der Waals surface area contributed by atoms with Gasteiger partial charge in [-0.2, -0.15) is 5.10 Å². The van der Waals surface area contributed by atoms with Crippen molar-refractivity contribution in [2.24, 2.45) is 5.10 Å². The number of amides is 1. The molecule has 0 spiro atoms. The molecule has 1 N–H and O–H groups in total. The molecule has 0 aliphatic rings. The van der Waals surface area contributed by atoms with E-state index in [1.54, 1.807) is 12.1 Å². The normalized spacial score (nSPS) is 11.3. The van der Waals surface area contributed by atoms with E-state index >= 15 is 0 Å². The van der Waals surface area contributed by atoms with Crippen LogP contribution in [0.15, 0.2) is 53.6 Å². The molecule has 0 radical (unpaired) electrons. The topological polar surface area (TPSA) is 41.5 Å². The van der Waals surface area contributed by atoms with Crippen LogP contribution in [0.2, 0.25) is 10.0 Å². The Balaban J connectivity index is 2.01. The van der Waals surface area contributed by atoms with Gasteiger partial charge in [-0.1, -0.05) is 53.5 Å². The Morgan fingerprint density at radius 3 is 2.52 bits per heavy atom. The summed E-state index contributed by atoms with van der Waals surface area (Å²) < 4.78 is 0. The van der Waals surface area contributed by atoms with Crippen LogP contribution in [-0.2, 0) is 6.42 Å². The Morgan fingerprint density at radius 2 is 1.86 bits per heavy atom. The molecule has 0 atom stereocenters. The zero-order valence-electron chi connectivity index (χ0n) is 11.4. The second kappa shape index (κ2) is 7.25. The third-order valence-electron chi connectivity index (χ3n) is 2.83. The monoisotopic (exact) mass is 320 g/mol. The van der Waals surface area contributed by atoms with Gasteiger partial charge in [0, 0.05) is 17.2 Å². The van der Waals surface area contributed by atoms with E-state index in [-0.39, 0.29) is 5.91 Å². The maximum Gasteiger partial charge on any atom is 0.272 e. The summed E-state index contributed by atoms with van der Waals surface area (Å²) in [4.78, 5) is 12.0. The maximum absolute atomic E-state index is 12.0. The summed E-state index contributed by atoms with van der Waals surface area (Å²) in [6.45, 7) is 1.86. The molecule has 108 valence electrons. The lowest BCUT2D eigenvalue weighted by Gasteiger charge is -2.05. The van der Waals surface area contributed by atoms with E-state index in [1.807, 2.05) is 37.3 Å². The highest BCUT2D eigenvalue weighted by Crippen LogP contribution is 2.20. The molecular formula is C16H14Cl2N2O. The number of nitrogens with zero attached hydrogens (tertiary/aromatic N) is 1. The first-order valence-corrected chi connectivity index (χ1v) is 7.14. The summed E-state index contributed by atoms with van der Waals surface area (Å²) in [6.07, 6.45) is 0.676. The molecule has 0 bridgehead atoms. The molecule has 2 rings (SSSR count). The van der Waals surface area contributed by atoms with Gasteiger partial charge in [0.05, 0.1) is 10.6 Å². The molecule has 0 saturated carbocycles. The first kappa shape index (κ1) is 15.5. The summed E-state index contributed by atoms with van der Waals surface area (Å²) in [7, 11) is 0. The van der Waals surface area contributed by atoms with E-state index in [1.165, 1.54) is 6.07 Å². The fraction of sp³-hybridized carbons (Fsp3) is 0.125. The van der Waals surface area contributed by atoms with Crippen LogP contribution in [0.4, 0.5) is 0 Å². The third-order valence-corrected chi connectivity index (χ3v) is 3.37. The van der Waals surface area contributed by atoms with Crippen LogP contribution in [-0.4, -0.2) is 11.6 Å².